The molecule has 2 heterocycles. The Morgan fingerprint density at radius 1 is 1.12 bits per heavy atom. The molecule has 4 rings (SSSR count). The van der Waals surface area contributed by atoms with Gasteiger partial charge in [-0.25, -0.2) is 9.59 Å². The minimum Gasteiger partial charge on any atom is -0.478 e. The second-order valence-corrected chi connectivity index (χ2v) is 9.41. The predicted molar refractivity (Wildman–Crippen MR) is 123 cm³/mol. The van der Waals surface area contributed by atoms with E-state index < -0.39 is 11.6 Å². The molecule has 0 saturated carbocycles. The Kier molecular flexibility index (Phi) is 5.91. The van der Waals surface area contributed by atoms with E-state index in [9.17, 15) is 14.7 Å². The van der Waals surface area contributed by atoms with E-state index in [0.717, 1.165) is 35.7 Å². The molecule has 1 saturated heterocycles. The maximum atomic E-state index is 12.3. The molecule has 2 aromatic carbocycles. The molecule has 0 spiro atoms. The van der Waals surface area contributed by atoms with Gasteiger partial charge in [0, 0.05) is 31.4 Å². The summed E-state index contributed by atoms with van der Waals surface area (Å²) >= 11 is 0. The molecular formula is C25H29N3O4. The number of carboxylic acids is 1. The first kappa shape index (κ1) is 21.9. The van der Waals surface area contributed by atoms with Crippen LogP contribution in [0.3, 0.4) is 0 Å². The number of piperidine rings is 1. The fourth-order valence-electron chi connectivity index (χ4n) is 4.15. The van der Waals surface area contributed by atoms with Crippen LogP contribution in [0.1, 0.15) is 44.0 Å². The van der Waals surface area contributed by atoms with Crippen molar-refractivity contribution in [2.24, 2.45) is 5.92 Å². The number of likely N-dealkylation sites (tertiary alicyclic amines) is 1. The van der Waals surface area contributed by atoms with Crippen molar-refractivity contribution < 1.29 is 19.4 Å². The lowest BCUT2D eigenvalue weighted by Gasteiger charge is -2.33. The van der Waals surface area contributed by atoms with E-state index in [1.165, 1.54) is 0 Å². The number of ether oxygens (including phenoxy) is 1. The zero-order valence-corrected chi connectivity index (χ0v) is 18.7. The number of carboxylic acid groups (broad SMARTS) is 1. The summed E-state index contributed by atoms with van der Waals surface area (Å²) in [5.74, 6) is -0.551. The number of amides is 1. The summed E-state index contributed by atoms with van der Waals surface area (Å²) in [6.07, 6.45) is 5.15. The third kappa shape index (κ3) is 4.93. The van der Waals surface area contributed by atoms with Gasteiger partial charge in [-0.3, -0.25) is 4.68 Å². The highest BCUT2D eigenvalue weighted by Crippen LogP contribution is 2.29. The Bertz CT molecular complexity index is 1140. The van der Waals surface area contributed by atoms with Crippen LogP contribution >= 0.6 is 0 Å². The van der Waals surface area contributed by atoms with Gasteiger partial charge in [-0.1, -0.05) is 24.3 Å². The van der Waals surface area contributed by atoms with Crippen molar-refractivity contribution in [3.63, 3.8) is 0 Å². The SMILES string of the molecule is CC(C)(C)OC(=O)N1CCC(Cn2cc(-c3cc4ccccc4cc3C(=O)O)cn2)CC1. The minimum absolute atomic E-state index is 0.255. The van der Waals surface area contributed by atoms with Crippen LogP contribution in [0, 0.1) is 5.92 Å². The van der Waals surface area contributed by atoms with Gasteiger partial charge in [0.25, 0.3) is 0 Å². The first-order valence-electron chi connectivity index (χ1n) is 11.0. The minimum atomic E-state index is -0.951. The monoisotopic (exact) mass is 435 g/mol. The van der Waals surface area contributed by atoms with Gasteiger partial charge >= 0.3 is 12.1 Å². The van der Waals surface area contributed by atoms with E-state index in [0.29, 0.717) is 24.6 Å². The van der Waals surface area contributed by atoms with Crippen LogP contribution in [0.25, 0.3) is 21.9 Å². The molecule has 0 atom stereocenters. The Morgan fingerprint density at radius 3 is 2.41 bits per heavy atom. The van der Waals surface area contributed by atoms with Crippen LogP contribution in [0.2, 0.25) is 0 Å². The molecule has 0 bridgehead atoms. The van der Waals surface area contributed by atoms with E-state index in [2.05, 4.69) is 5.10 Å². The van der Waals surface area contributed by atoms with Crippen LogP contribution in [-0.2, 0) is 11.3 Å². The number of hydrogen-bond donors (Lipinski definition) is 1. The molecule has 0 aliphatic carbocycles. The fraction of sp³-hybridized carbons (Fsp3) is 0.400. The van der Waals surface area contributed by atoms with Crippen LogP contribution in [0.5, 0.6) is 0 Å². The van der Waals surface area contributed by atoms with Crippen molar-refractivity contribution >= 4 is 22.8 Å². The predicted octanol–water partition coefficient (Wildman–Crippen LogP) is 5.05. The molecule has 7 heteroatoms. The van der Waals surface area contributed by atoms with Crippen molar-refractivity contribution in [1.82, 2.24) is 14.7 Å². The molecule has 32 heavy (non-hydrogen) atoms. The lowest BCUT2D eigenvalue weighted by Crippen LogP contribution is -2.42. The van der Waals surface area contributed by atoms with Gasteiger partial charge in [0.2, 0.25) is 0 Å². The third-order valence-electron chi connectivity index (χ3n) is 5.77. The van der Waals surface area contributed by atoms with Crippen molar-refractivity contribution in [3.05, 3.63) is 54.4 Å². The number of aromatic nitrogens is 2. The second-order valence-electron chi connectivity index (χ2n) is 9.41. The summed E-state index contributed by atoms with van der Waals surface area (Å²) in [4.78, 5) is 25.9. The molecule has 1 amide bonds. The maximum absolute atomic E-state index is 12.3. The molecule has 168 valence electrons. The quantitative estimate of drug-likeness (QED) is 0.620. The molecule has 1 aliphatic rings. The van der Waals surface area contributed by atoms with Crippen molar-refractivity contribution in [2.45, 2.75) is 45.8 Å². The second kappa shape index (κ2) is 8.65. The van der Waals surface area contributed by atoms with Crippen LogP contribution in [0.15, 0.2) is 48.8 Å². The number of aromatic carboxylic acids is 1. The van der Waals surface area contributed by atoms with Gasteiger partial charge < -0.3 is 14.7 Å². The van der Waals surface area contributed by atoms with Gasteiger partial charge in [-0.05, 0) is 68.0 Å². The average molecular weight is 436 g/mol. The van der Waals surface area contributed by atoms with Crippen molar-refractivity contribution in [3.8, 4) is 11.1 Å². The van der Waals surface area contributed by atoms with Gasteiger partial charge in [0.15, 0.2) is 0 Å². The topological polar surface area (TPSA) is 84.7 Å². The summed E-state index contributed by atoms with van der Waals surface area (Å²) in [5.41, 5.74) is 1.24. The van der Waals surface area contributed by atoms with Gasteiger partial charge in [0.05, 0.1) is 11.8 Å². The number of benzene rings is 2. The molecule has 1 aromatic heterocycles. The van der Waals surface area contributed by atoms with E-state index in [1.807, 2.05) is 62.0 Å². The summed E-state index contributed by atoms with van der Waals surface area (Å²) < 4.78 is 7.34. The summed E-state index contributed by atoms with van der Waals surface area (Å²) in [7, 11) is 0. The zero-order chi connectivity index (χ0) is 22.9. The summed E-state index contributed by atoms with van der Waals surface area (Å²) in [5, 5.41) is 16.1. The molecule has 0 unspecified atom stereocenters. The van der Waals surface area contributed by atoms with E-state index in [-0.39, 0.29) is 11.7 Å². The number of carbonyl (C=O) groups excluding carboxylic acids is 1. The average Bonchev–Trinajstić information content (AvgIpc) is 3.20. The highest BCUT2D eigenvalue weighted by molar-refractivity contribution is 6.02. The molecule has 7 nitrogen and oxygen atoms in total. The largest absolute Gasteiger partial charge is 0.478 e. The first-order chi connectivity index (χ1) is 15.2. The Balaban J connectivity index is 1.45. The number of carbonyl (C=O) groups is 2. The van der Waals surface area contributed by atoms with E-state index in [4.69, 9.17) is 4.74 Å². The lowest BCUT2D eigenvalue weighted by molar-refractivity contribution is 0.0177. The molecular weight excluding hydrogens is 406 g/mol. The molecule has 1 aliphatic heterocycles. The smallest absolute Gasteiger partial charge is 0.410 e. The molecule has 3 aromatic rings. The number of rotatable bonds is 4. The maximum Gasteiger partial charge on any atom is 0.410 e. The number of hydrogen-bond acceptors (Lipinski definition) is 4. The van der Waals surface area contributed by atoms with Gasteiger partial charge in [0.1, 0.15) is 5.60 Å². The third-order valence-corrected chi connectivity index (χ3v) is 5.77. The van der Waals surface area contributed by atoms with E-state index >= 15 is 0 Å². The zero-order valence-electron chi connectivity index (χ0n) is 18.7. The highest BCUT2D eigenvalue weighted by Gasteiger charge is 2.27. The summed E-state index contributed by atoms with van der Waals surface area (Å²) in [6.45, 7) is 7.69. The standard InChI is InChI=1S/C25H29N3O4/c1-25(2,3)32-24(31)27-10-8-17(9-11-27)15-28-16-20(14-26-28)21-12-18-6-4-5-7-19(18)13-22(21)23(29)30/h4-7,12-14,16-17H,8-11,15H2,1-3H3,(H,29,30). The lowest BCUT2D eigenvalue weighted by atomic mass is 9.96. The number of fused-ring (bicyclic) bond motifs is 1. The Hall–Kier alpha value is -3.35. The number of nitrogens with zero attached hydrogens (tertiary/aromatic N) is 3. The first-order valence-corrected chi connectivity index (χ1v) is 11.0. The normalized spacial score (nSPS) is 15.2. The Morgan fingerprint density at radius 2 is 1.78 bits per heavy atom. The summed E-state index contributed by atoms with van der Waals surface area (Å²) in [6, 6.07) is 11.4. The molecule has 1 N–H and O–H groups in total. The Labute approximate surface area is 187 Å². The van der Waals surface area contributed by atoms with Crippen LogP contribution in [-0.4, -0.2) is 50.5 Å². The molecule has 0 radical (unpaired) electrons. The van der Waals surface area contributed by atoms with Crippen molar-refractivity contribution in [1.29, 1.82) is 0 Å². The van der Waals surface area contributed by atoms with E-state index in [1.54, 1.807) is 17.2 Å². The van der Waals surface area contributed by atoms with Crippen LogP contribution < -0.4 is 0 Å². The fourth-order valence-corrected chi connectivity index (χ4v) is 4.15. The van der Waals surface area contributed by atoms with Crippen molar-refractivity contribution in [2.75, 3.05) is 13.1 Å². The van der Waals surface area contributed by atoms with Gasteiger partial charge in [-0.2, -0.15) is 5.10 Å². The molecule has 1 fully saturated rings. The van der Waals surface area contributed by atoms with Crippen LogP contribution in [0.4, 0.5) is 4.79 Å². The van der Waals surface area contributed by atoms with Gasteiger partial charge in [-0.15, -0.1) is 0 Å². The highest BCUT2D eigenvalue weighted by atomic mass is 16.6.